The van der Waals surface area contributed by atoms with E-state index < -0.39 is 27.3 Å². The van der Waals surface area contributed by atoms with Gasteiger partial charge in [-0.05, 0) is 0 Å². The van der Waals surface area contributed by atoms with E-state index in [0.29, 0.717) is 0 Å². The zero-order valence-corrected chi connectivity index (χ0v) is 8.88. The summed E-state index contributed by atoms with van der Waals surface area (Å²) in [6.07, 6.45) is 0. The topological polar surface area (TPSA) is 0 Å². The van der Waals surface area contributed by atoms with Crippen molar-refractivity contribution in [3.8, 4) is 0 Å². The van der Waals surface area contributed by atoms with Crippen LogP contribution in [0.5, 0.6) is 0 Å². The van der Waals surface area contributed by atoms with Gasteiger partial charge in [0, 0.05) is 0 Å². The van der Waals surface area contributed by atoms with E-state index in [0.717, 1.165) is 0 Å². The van der Waals surface area contributed by atoms with Crippen LogP contribution in [0.2, 0.25) is 0 Å². The summed E-state index contributed by atoms with van der Waals surface area (Å²) in [5.41, 5.74) is 0. The molecular weight excluding hydrogens is 381 g/mol. The molecule has 0 bridgehead atoms. The van der Waals surface area contributed by atoms with E-state index in [4.69, 9.17) is 0 Å². The second kappa shape index (κ2) is 2.23. The van der Waals surface area contributed by atoms with Gasteiger partial charge < -0.3 is 0 Å². The molecule has 0 nitrogen and oxygen atoms in total. The van der Waals surface area contributed by atoms with Crippen LogP contribution in [0.4, 0.5) is 42.1 Å². The summed E-state index contributed by atoms with van der Waals surface area (Å²) in [5.74, 6) is 0. The Morgan fingerprint density at radius 3 is 0.500 bits per heavy atom. The van der Waals surface area contributed by atoms with Gasteiger partial charge in [0.05, 0.1) is 0 Å². The quantitative estimate of drug-likeness (QED) is 0.295. The molecule has 14 heavy (non-hydrogen) atoms. The SMILES string of the molecule is F[P-](F)(F)(F)(F)F.[F][Sb-]([F])([F])([F])([F])[F]. The van der Waals surface area contributed by atoms with Crippen molar-refractivity contribution < 1.29 is 42.1 Å². The number of rotatable bonds is 0. The van der Waals surface area contributed by atoms with E-state index in [1.165, 1.54) is 0 Å². The van der Waals surface area contributed by atoms with Crippen molar-refractivity contribution in [1.29, 1.82) is 0 Å². The van der Waals surface area contributed by atoms with Crippen LogP contribution in [0.1, 0.15) is 0 Å². The zero-order chi connectivity index (χ0) is 12.8. The number of halogens is 12. The summed E-state index contributed by atoms with van der Waals surface area (Å²) in [4.78, 5) is 0. The van der Waals surface area contributed by atoms with Crippen LogP contribution in [0.25, 0.3) is 0 Å². The molecule has 0 aliphatic heterocycles. The van der Waals surface area contributed by atoms with E-state index in [-0.39, 0.29) is 0 Å². The first kappa shape index (κ1) is 16.8. The molecule has 0 spiro atoms. The van der Waals surface area contributed by atoms with E-state index in [2.05, 4.69) is 0 Å². The van der Waals surface area contributed by atoms with Gasteiger partial charge in [0.2, 0.25) is 0 Å². The molecule has 0 unspecified atom stereocenters. The fourth-order valence-electron chi connectivity index (χ4n) is 0. The minimum atomic E-state index is -11.2. The van der Waals surface area contributed by atoms with Crippen molar-refractivity contribution in [2.45, 2.75) is 0 Å². The van der Waals surface area contributed by atoms with Crippen molar-refractivity contribution in [1.82, 2.24) is 0 Å². The Morgan fingerprint density at radius 2 is 0.500 bits per heavy atom. The number of hydrogen-bond acceptors (Lipinski definition) is 0. The van der Waals surface area contributed by atoms with E-state index in [1.807, 2.05) is 0 Å². The van der Waals surface area contributed by atoms with Crippen LogP contribution >= 0.6 is 7.81 Å². The maximum atomic E-state index is 9.93. The second-order valence-electron chi connectivity index (χ2n) is 1.92. The van der Waals surface area contributed by atoms with E-state index in [1.54, 1.807) is 0 Å². The van der Waals surface area contributed by atoms with Crippen LogP contribution in [0, 0.1) is 0 Å². The normalized spacial score (nSPS) is 23.1. The van der Waals surface area contributed by atoms with Crippen LogP contribution in [0.15, 0.2) is 0 Å². The maximum absolute atomic E-state index is 11.2. The Hall–Kier alpha value is 0.408. The van der Waals surface area contributed by atoms with Crippen LogP contribution in [-0.2, 0) is 0 Å². The monoisotopic (exact) mass is 380 g/mol. The van der Waals surface area contributed by atoms with Gasteiger partial charge >= 0.3 is 69.3 Å². The first-order valence-electron chi connectivity index (χ1n) is 2.03. The standard InChI is InChI=1S/F6P.6FH.Sb/c1-7(2,3,4,5)6;;;;;;;/h;6*1H;/q-1;;;;;;;+5/p-6. The summed E-state index contributed by atoms with van der Waals surface area (Å²) in [7, 11) is -10.7. The Labute approximate surface area is 70.0 Å². The Morgan fingerprint density at radius 1 is 0.500 bits per heavy atom. The molecule has 14 heteroatoms. The van der Waals surface area contributed by atoms with Crippen molar-refractivity contribution in [3.63, 3.8) is 0 Å². The van der Waals surface area contributed by atoms with Crippen molar-refractivity contribution >= 4 is 27.3 Å². The molecule has 0 aromatic heterocycles. The molecule has 0 aromatic rings. The molecule has 0 atom stereocenters. The van der Waals surface area contributed by atoms with Crippen LogP contribution in [0.3, 0.4) is 0 Å². The summed E-state index contributed by atoms with van der Waals surface area (Å²) >= 11 is -11.2. The Balaban J connectivity index is 0. The van der Waals surface area contributed by atoms with Gasteiger partial charge in [-0.3, -0.25) is 0 Å². The zero-order valence-electron chi connectivity index (χ0n) is 5.43. The first-order chi connectivity index (χ1) is 4.90. The van der Waals surface area contributed by atoms with E-state index >= 15 is 0 Å². The van der Waals surface area contributed by atoms with Gasteiger partial charge in [0.25, 0.3) is 0 Å². The first-order valence-corrected chi connectivity index (χ1v) is 9.85. The molecule has 0 saturated carbocycles. The molecule has 0 N–H and O–H groups in total. The molecule has 0 aromatic carbocycles. The summed E-state index contributed by atoms with van der Waals surface area (Å²) in [6, 6.07) is 0. The molecular formula is F12PSb-2. The fourth-order valence-corrected chi connectivity index (χ4v) is 0. The predicted octanol–water partition coefficient (Wildman–Crippen LogP) is 5.52. The molecule has 0 amide bonds. The fraction of sp³-hybridized carbons (Fsp3) is 0. The van der Waals surface area contributed by atoms with Crippen molar-refractivity contribution in [3.05, 3.63) is 0 Å². The van der Waals surface area contributed by atoms with Gasteiger partial charge in [0.1, 0.15) is 0 Å². The average Bonchev–Trinajstić information content (AvgIpc) is 0.938. The van der Waals surface area contributed by atoms with Crippen molar-refractivity contribution in [2.75, 3.05) is 0 Å². The molecule has 0 heterocycles. The average molecular weight is 381 g/mol. The summed E-state index contributed by atoms with van der Waals surface area (Å²) in [6.45, 7) is 0. The molecule has 0 fully saturated rings. The third-order valence-electron chi connectivity index (χ3n) is 0. The third kappa shape index (κ3) is 9690. The second-order valence-corrected chi connectivity index (χ2v) is 9.30. The molecule has 96 valence electrons. The Kier molecular flexibility index (Phi) is 2.68. The molecule has 0 rings (SSSR count). The van der Waals surface area contributed by atoms with Crippen LogP contribution in [-0.4, -0.2) is 19.5 Å². The van der Waals surface area contributed by atoms with Crippen LogP contribution < -0.4 is 0 Å². The van der Waals surface area contributed by atoms with Crippen molar-refractivity contribution in [2.24, 2.45) is 0 Å². The molecule has 0 saturated heterocycles. The Bertz CT molecular complexity index is 157. The molecule has 0 radical (unpaired) electrons. The summed E-state index contributed by atoms with van der Waals surface area (Å²) < 4.78 is 119. The molecule has 0 aliphatic rings. The summed E-state index contributed by atoms with van der Waals surface area (Å²) in [5, 5.41) is 0. The minimum absolute atomic E-state index is 9.87. The van der Waals surface area contributed by atoms with E-state index in [9.17, 15) is 42.1 Å². The van der Waals surface area contributed by atoms with Gasteiger partial charge in [-0.15, -0.1) is 0 Å². The predicted molar refractivity (Wildman–Crippen MR) is 26.0 cm³/mol. The number of hydrogen-bond donors (Lipinski definition) is 0. The molecule has 0 aliphatic carbocycles. The van der Waals surface area contributed by atoms with Gasteiger partial charge in [-0.1, -0.05) is 0 Å². The van der Waals surface area contributed by atoms with Gasteiger partial charge in [-0.2, -0.15) is 0 Å². The van der Waals surface area contributed by atoms with Gasteiger partial charge in [-0.25, -0.2) is 0 Å². The third-order valence-corrected chi connectivity index (χ3v) is 0. The van der Waals surface area contributed by atoms with Gasteiger partial charge in [0.15, 0.2) is 0 Å².